The van der Waals surface area contributed by atoms with E-state index < -0.39 is 60.2 Å². The van der Waals surface area contributed by atoms with Gasteiger partial charge in [-0.25, -0.2) is 0 Å². The molecule has 1 aliphatic carbocycles. The van der Waals surface area contributed by atoms with Gasteiger partial charge < -0.3 is 45.5 Å². The molecule has 12 heteroatoms. The molecule has 7 N–H and O–H groups in total. The lowest BCUT2D eigenvalue weighted by molar-refractivity contribution is -0.247. The number of phenols is 1. The zero-order valence-corrected chi connectivity index (χ0v) is 23.4. The van der Waals surface area contributed by atoms with Crippen molar-refractivity contribution in [3.05, 3.63) is 57.6 Å². The molecule has 6 unspecified atom stereocenters. The fourth-order valence-corrected chi connectivity index (χ4v) is 5.45. The van der Waals surface area contributed by atoms with E-state index >= 15 is 0 Å². The number of benzene rings is 2. The second-order valence-corrected chi connectivity index (χ2v) is 10.1. The SMILES string of the molecule is CO.COc1cccc(C)c1C(=O)c1c(C=O)cc2c(c1O)C(OC1CC(N)C(O)C(C)O1)CC(O)(C(=O)CO)C2. The molecule has 0 radical (unpaired) electrons. The first-order chi connectivity index (χ1) is 19.4. The summed E-state index contributed by atoms with van der Waals surface area (Å²) in [5.74, 6) is -1.82. The van der Waals surface area contributed by atoms with Crippen LogP contribution in [0.1, 0.15) is 68.8 Å². The Balaban J connectivity index is 0.00000226. The van der Waals surface area contributed by atoms with Crippen LogP contribution in [0.15, 0.2) is 24.3 Å². The number of hydrogen-bond acceptors (Lipinski definition) is 12. The Morgan fingerprint density at radius 2 is 1.93 bits per heavy atom. The van der Waals surface area contributed by atoms with Crippen LogP contribution in [0.3, 0.4) is 0 Å². The summed E-state index contributed by atoms with van der Waals surface area (Å²) in [7, 11) is 2.40. The molecule has 4 rings (SSSR count). The summed E-state index contributed by atoms with van der Waals surface area (Å²) < 4.78 is 17.2. The molecule has 6 atom stereocenters. The van der Waals surface area contributed by atoms with Crippen molar-refractivity contribution < 1.29 is 54.1 Å². The Kier molecular flexibility index (Phi) is 10.4. The number of carbonyl (C=O) groups excluding carboxylic acids is 3. The van der Waals surface area contributed by atoms with Crippen molar-refractivity contribution in [2.75, 3.05) is 20.8 Å². The molecule has 41 heavy (non-hydrogen) atoms. The maximum Gasteiger partial charge on any atom is 0.201 e. The summed E-state index contributed by atoms with van der Waals surface area (Å²) in [5.41, 5.74) is 4.51. The first kappa shape index (κ1) is 32.3. The van der Waals surface area contributed by atoms with E-state index in [2.05, 4.69) is 0 Å². The molecule has 2 aromatic carbocycles. The fourth-order valence-electron chi connectivity index (χ4n) is 5.45. The highest BCUT2D eigenvalue weighted by Gasteiger charge is 2.47. The van der Waals surface area contributed by atoms with Gasteiger partial charge in [-0.15, -0.1) is 0 Å². The lowest BCUT2D eigenvalue weighted by Gasteiger charge is -2.41. The molecule has 1 saturated heterocycles. The highest BCUT2D eigenvalue weighted by atomic mass is 16.7. The van der Waals surface area contributed by atoms with E-state index in [0.29, 0.717) is 11.8 Å². The summed E-state index contributed by atoms with van der Waals surface area (Å²) in [6.45, 7) is 2.36. The van der Waals surface area contributed by atoms with Crippen molar-refractivity contribution in [2.45, 2.75) is 69.4 Å². The minimum Gasteiger partial charge on any atom is -0.507 e. The highest BCUT2D eigenvalue weighted by molar-refractivity contribution is 6.17. The maximum atomic E-state index is 13.8. The van der Waals surface area contributed by atoms with Crippen LogP contribution in [-0.4, -0.2) is 94.4 Å². The van der Waals surface area contributed by atoms with Gasteiger partial charge in [0.15, 0.2) is 18.4 Å². The number of hydrogen-bond donors (Lipinski definition) is 6. The number of aldehydes is 1. The Morgan fingerprint density at radius 1 is 1.24 bits per heavy atom. The van der Waals surface area contributed by atoms with Crippen molar-refractivity contribution in [3.8, 4) is 11.5 Å². The third-order valence-corrected chi connectivity index (χ3v) is 7.55. The summed E-state index contributed by atoms with van der Waals surface area (Å²) in [6, 6.07) is 5.62. The van der Waals surface area contributed by atoms with Gasteiger partial charge in [0, 0.05) is 43.5 Å². The molecule has 1 aliphatic heterocycles. The summed E-state index contributed by atoms with van der Waals surface area (Å²) in [6.07, 6.45) is -4.03. The number of aryl methyl sites for hydroxylation is 1. The Bertz CT molecular complexity index is 1280. The van der Waals surface area contributed by atoms with E-state index in [0.717, 1.165) is 7.11 Å². The molecule has 0 amide bonds. The number of carbonyl (C=O) groups is 3. The molecule has 0 aromatic heterocycles. The first-order valence-corrected chi connectivity index (χ1v) is 13.0. The van der Waals surface area contributed by atoms with Gasteiger partial charge in [-0.2, -0.15) is 0 Å². The second kappa shape index (κ2) is 13.2. The molecule has 2 aromatic rings. The van der Waals surface area contributed by atoms with Crippen molar-refractivity contribution in [2.24, 2.45) is 5.73 Å². The number of rotatable bonds is 8. The second-order valence-electron chi connectivity index (χ2n) is 10.1. The fraction of sp³-hybridized carbons (Fsp3) is 0.483. The van der Waals surface area contributed by atoms with Gasteiger partial charge in [0.1, 0.15) is 23.7 Å². The molecule has 1 fully saturated rings. The van der Waals surface area contributed by atoms with Gasteiger partial charge in [0.25, 0.3) is 0 Å². The van der Waals surface area contributed by atoms with E-state index in [1.165, 1.54) is 13.2 Å². The third kappa shape index (κ3) is 6.19. The van der Waals surface area contributed by atoms with Crippen molar-refractivity contribution in [1.29, 1.82) is 0 Å². The molecule has 1 heterocycles. The standard InChI is InChI=1S/C28H33NO10.CH4O/c1-13-5-4-6-18(37-3)22(13)26(34)24-16(11-30)7-15-9-28(36,20(32)12-31)10-19(23(15)27(24)35)39-21-8-17(29)25(33)14(2)38-21;1-2/h4-7,11,14,17,19,21,25,31,33,35-36H,8-10,12,29H2,1-3H3;2H,1H3. The van der Waals surface area contributed by atoms with Crippen LogP contribution in [-0.2, 0) is 20.7 Å². The average Bonchev–Trinajstić information content (AvgIpc) is 2.95. The zero-order chi connectivity index (χ0) is 30.6. The van der Waals surface area contributed by atoms with Crippen LogP contribution >= 0.6 is 0 Å². The van der Waals surface area contributed by atoms with Crippen LogP contribution < -0.4 is 10.5 Å². The van der Waals surface area contributed by atoms with Gasteiger partial charge in [-0.3, -0.25) is 14.4 Å². The van der Waals surface area contributed by atoms with E-state index in [1.54, 1.807) is 32.0 Å². The molecule has 2 aliphatic rings. The van der Waals surface area contributed by atoms with Gasteiger partial charge >= 0.3 is 0 Å². The molecular formula is C29H37NO11. The van der Waals surface area contributed by atoms with Crippen LogP contribution in [0, 0.1) is 6.92 Å². The Labute approximate surface area is 237 Å². The number of fused-ring (bicyclic) bond motifs is 1. The number of ether oxygens (including phenoxy) is 3. The number of aliphatic hydroxyl groups is 4. The van der Waals surface area contributed by atoms with Gasteiger partial charge in [0.2, 0.25) is 5.78 Å². The van der Waals surface area contributed by atoms with E-state index in [1.807, 2.05) is 0 Å². The lowest BCUT2D eigenvalue weighted by Crippen LogP contribution is -2.53. The average molecular weight is 576 g/mol. The van der Waals surface area contributed by atoms with E-state index in [-0.39, 0.29) is 52.8 Å². The zero-order valence-electron chi connectivity index (χ0n) is 23.4. The first-order valence-electron chi connectivity index (χ1n) is 13.0. The summed E-state index contributed by atoms with van der Waals surface area (Å²) in [4.78, 5) is 38.5. The number of nitrogens with two attached hydrogens (primary N) is 1. The minimum absolute atomic E-state index is 0.0725. The number of aliphatic hydroxyl groups excluding tert-OH is 3. The molecule has 224 valence electrons. The topological polar surface area (TPSA) is 206 Å². The largest absolute Gasteiger partial charge is 0.507 e. The van der Waals surface area contributed by atoms with Crippen LogP contribution in [0.4, 0.5) is 0 Å². The maximum absolute atomic E-state index is 13.8. The van der Waals surface area contributed by atoms with E-state index in [9.17, 15) is 34.8 Å². The van der Waals surface area contributed by atoms with Crippen molar-refractivity contribution in [1.82, 2.24) is 0 Å². The number of methoxy groups -OCH3 is 1. The van der Waals surface area contributed by atoms with E-state index in [4.69, 9.17) is 25.1 Å². The monoisotopic (exact) mass is 575 g/mol. The Morgan fingerprint density at radius 3 is 2.51 bits per heavy atom. The lowest BCUT2D eigenvalue weighted by atomic mass is 9.74. The van der Waals surface area contributed by atoms with Crippen LogP contribution in [0.2, 0.25) is 0 Å². The summed E-state index contributed by atoms with van der Waals surface area (Å²) in [5, 5.41) is 49.4. The summed E-state index contributed by atoms with van der Waals surface area (Å²) >= 11 is 0. The molecule has 0 spiro atoms. The number of ketones is 2. The minimum atomic E-state index is -2.08. The highest BCUT2D eigenvalue weighted by Crippen LogP contribution is 2.47. The van der Waals surface area contributed by atoms with Gasteiger partial charge in [-0.05, 0) is 37.1 Å². The molecule has 12 nitrogen and oxygen atoms in total. The van der Waals surface area contributed by atoms with Crippen LogP contribution in [0.5, 0.6) is 11.5 Å². The predicted octanol–water partition coefficient (Wildman–Crippen LogP) is 0.481. The van der Waals surface area contributed by atoms with Crippen molar-refractivity contribution >= 4 is 17.9 Å². The molecule has 0 bridgehead atoms. The number of aromatic hydroxyl groups is 1. The normalized spacial score (nSPS) is 27.2. The molecular weight excluding hydrogens is 538 g/mol. The molecule has 0 saturated carbocycles. The smallest absolute Gasteiger partial charge is 0.201 e. The quantitative estimate of drug-likeness (QED) is 0.188. The Hall–Kier alpha value is -3.23. The number of Topliss-reactive ketones (excluding diaryl/α,β-unsaturated/α-hetero) is 1. The van der Waals surface area contributed by atoms with Gasteiger partial charge in [0.05, 0.1) is 36.5 Å². The predicted molar refractivity (Wildman–Crippen MR) is 145 cm³/mol. The van der Waals surface area contributed by atoms with Crippen molar-refractivity contribution in [3.63, 3.8) is 0 Å². The third-order valence-electron chi connectivity index (χ3n) is 7.55. The van der Waals surface area contributed by atoms with Crippen LogP contribution in [0.25, 0.3) is 0 Å². The van der Waals surface area contributed by atoms with Gasteiger partial charge in [-0.1, -0.05) is 12.1 Å². The number of phenolic OH excluding ortho intramolecular Hbond substituents is 1.